The third-order valence-corrected chi connectivity index (χ3v) is 3.51. The summed E-state index contributed by atoms with van der Waals surface area (Å²) in [5, 5.41) is 4.91. The summed E-state index contributed by atoms with van der Waals surface area (Å²) >= 11 is 0. The smallest absolute Gasteiger partial charge is 0.307 e. The molecule has 110 valence electrons. The Balaban J connectivity index is 1.76. The number of hydrogen-bond donors (Lipinski definition) is 1. The molecule has 0 atom stereocenters. The van der Waals surface area contributed by atoms with Crippen molar-refractivity contribution in [2.24, 2.45) is 5.10 Å². The maximum Gasteiger partial charge on any atom is 0.307 e. The van der Waals surface area contributed by atoms with E-state index in [0.717, 1.165) is 16.5 Å². The predicted molar refractivity (Wildman–Crippen MR) is 87.2 cm³/mol. The summed E-state index contributed by atoms with van der Waals surface area (Å²) in [6, 6.07) is 15.4. The Bertz CT molecular complexity index is 845. The Hall–Kier alpha value is -2.88. The summed E-state index contributed by atoms with van der Waals surface area (Å²) in [5.41, 5.74) is 6.12. The molecule has 1 aromatic heterocycles. The monoisotopic (exact) mass is 292 g/mol. The molecule has 0 saturated heterocycles. The number of hydrazone groups is 1. The third kappa shape index (κ3) is 2.76. The van der Waals surface area contributed by atoms with Gasteiger partial charge >= 0.3 is 5.91 Å². The second-order valence-corrected chi connectivity index (χ2v) is 5.16. The summed E-state index contributed by atoms with van der Waals surface area (Å²) in [6.45, 7) is 3.89. The first kappa shape index (κ1) is 14.1. The van der Waals surface area contributed by atoms with Crippen molar-refractivity contribution in [3.05, 3.63) is 71.0 Å². The van der Waals surface area contributed by atoms with Gasteiger partial charge in [-0.1, -0.05) is 48.0 Å². The maximum atomic E-state index is 12.2. The number of nitrogens with zero attached hydrogens (tertiary/aromatic N) is 1. The van der Waals surface area contributed by atoms with Gasteiger partial charge in [-0.3, -0.25) is 4.79 Å². The Kier molecular flexibility index (Phi) is 3.74. The highest BCUT2D eigenvalue weighted by atomic mass is 16.3. The van der Waals surface area contributed by atoms with E-state index in [0.29, 0.717) is 11.3 Å². The van der Waals surface area contributed by atoms with Crippen LogP contribution >= 0.6 is 0 Å². The Morgan fingerprint density at radius 1 is 1.09 bits per heavy atom. The summed E-state index contributed by atoms with van der Waals surface area (Å²) in [5.74, 6) is -0.0562. The number of para-hydroxylation sites is 1. The van der Waals surface area contributed by atoms with E-state index in [1.54, 1.807) is 6.21 Å². The van der Waals surface area contributed by atoms with Gasteiger partial charge in [0.1, 0.15) is 5.58 Å². The number of nitrogens with one attached hydrogen (secondary N) is 1. The average molecular weight is 292 g/mol. The molecule has 0 aliphatic heterocycles. The molecule has 22 heavy (non-hydrogen) atoms. The molecule has 0 bridgehead atoms. The molecule has 3 aromatic rings. The first-order chi connectivity index (χ1) is 10.6. The fourth-order valence-corrected chi connectivity index (χ4v) is 2.26. The second kappa shape index (κ2) is 5.85. The molecule has 4 nitrogen and oxygen atoms in total. The lowest BCUT2D eigenvalue weighted by Gasteiger charge is -1.98. The van der Waals surface area contributed by atoms with Crippen LogP contribution in [-0.4, -0.2) is 12.1 Å². The van der Waals surface area contributed by atoms with Crippen molar-refractivity contribution in [2.45, 2.75) is 13.8 Å². The van der Waals surface area contributed by atoms with Crippen molar-refractivity contribution in [3.8, 4) is 0 Å². The lowest BCUT2D eigenvalue weighted by Crippen LogP contribution is -2.17. The molecule has 1 amide bonds. The van der Waals surface area contributed by atoms with Crippen molar-refractivity contribution >= 4 is 23.1 Å². The maximum absolute atomic E-state index is 12.2. The molecule has 3 rings (SSSR count). The van der Waals surface area contributed by atoms with Gasteiger partial charge in [-0.2, -0.15) is 5.10 Å². The Labute approximate surface area is 128 Å². The van der Waals surface area contributed by atoms with Crippen molar-refractivity contribution in [2.75, 3.05) is 0 Å². The zero-order valence-electron chi connectivity index (χ0n) is 12.5. The van der Waals surface area contributed by atoms with Gasteiger partial charge in [-0.15, -0.1) is 0 Å². The normalized spacial score (nSPS) is 11.2. The van der Waals surface area contributed by atoms with Crippen LogP contribution in [0.15, 0.2) is 58.0 Å². The van der Waals surface area contributed by atoms with Crippen LogP contribution in [0.2, 0.25) is 0 Å². The van der Waals surface area contributed by atoms with Crippen molar-refractivity contribution < 1.29 is 9.21 Å². The van der Waals surface area contributed by atoms with Gasteiger partial charge < -0.3 is 4.42 Å². The second-order valence-electron chi connectivity index (χ2n) is 5.16. The zero-order valence-corrected chi connectivity index (χ0v) is 12.5. The lowest BCUT2D eigenvalue weighted by molar-refractivity contribution is 0.0929. The van der Waals surface area contributed by atoms with Crippen LogP contribution in [-0.2, 0) is 0 Å². The molecular weight excluding hydrogens is 276 g/mol. The molecule has 0 aliphatic carbocycles. The largest absolute Gasteiger partial charge is 0.451 e. The number of carbonyl (C=O) groups is 1. The first-order valence-electron chi connectivity index (χ1n) is 7.03. The third-order valence-electron chi connectivity index (χ3n) is 3.51. The highest BCUT2D eigenvalue weighted by Gasteiger charge is 2.16. The predicted octanol–water partition coefficient (Wildman–Crippen LogP) is 3.81. The number of furan rings is 1. The van der Waals surface area contributed by atoms with Gasteiger partial charge in [0.2, 0.25) is 0 Å². The van der Waals surface area contributed by atoms with Gasteiger partial charge in [-0.25, -0.2) is 5.43 Å². The fraction of sp³-hybridized carbons (Fsp3) is 0.111. The van der Waals surface area contributed by atoms with Crippen LogP contribution in [0.1, 0.15) is 27.2 Å². The standard InChI is InChI=1S/C18H16N2O2/c1-12-7-9-14(10-8-12)11-19-20-18(21)17-13(2)15-5-3-4-6-16(15)22-17/h3-11H,1-2H3,(H,20,21)/b19-11+. The SMILES string of the molecule is Cc1ccc(/C=N/NC(=O)c2oc3ccccc3c2C)cc1. The van der Waals surface area contributed by atoms with E-state index in [2.05, 4.69) is 10.5 Å². The van der Waals surface area contributed by atoms with Crippen LogP contribution < -0.4 is 5.43 Å². The number of fused-ring (bicyclic) bond motifs is 1. The highest BCUT2D eigenvalue weighted by Crippen LogP contribution is 2.24. The lowest BCUT2D eigenvalue weighted by atomic mass is 10.1. The molecular formula is C18H16N2O2. The van der Waals surface area contributed by atoms with Gasteiger partial charge in [0, 0.05) is 10.9 Å². The molecule has 0 radical (unpaired) electrons. The van der Waals surface area contributed by atoms with E-state index in [4.69, 9.17) is 4.42 Å². The summed E-state index contributed by atoms with van der Waals surface area (Å²) in [4.78, 5) is 12.2. The van der Waals surface area contributed by atoms with Crippen LogP contribution in [0.25, 0.3) is 11.0 Å². The number of carbonyl (C=O) groups excluding carboxylic acids is 1. The van der Waals surface area contributed by atoms with Crippen LogP contribution in [0, 0.1) is 13.8 Å². The van der Waals surface area contributed by atoms with E-state index in [1.807, 2.05) is 62.4 Å². The molecule has 1 N–H and O–H groups in total. The summed E-state index contributed by atoms with van der Waals surface area (Å²) < 4.78 is 5.59. The van der Waals surface area contributed by atoms with Gasteiger partial charge in [-0.05, 0) is 25.5 Å². The zero-order chi connectivity index (χ0) is 15.5. The van der Waals surface area contributed by atoms with E-state index in [9.17, 15) is 4.79 Å². The van der Waals surface area contributed by atoms with Crippen molar-refractivity contribution in [1.82, 2.24) is 5.43 Å². The van der Waals surface area contributed by atoms with Crippen LogP contribution in [0.4, 0.5) is 0 Å². The van der Waals surface area contributed by atoms with E-state index < -0.39 is 0 Å². The van der Waals surface area contributed by atoms with Crippen molar-refractivity contribution in [3.63, 3.8) is 0 Å². The summed E-state index contributed by atoms with van der Waals surface area (Å²) in [6.07, 6.45) is 1.61. The fourth-order valence-electron chi connectivity index (χ4n) is 2.26. The molecule has 0 fully saturated rings. The summed E-state index contributed by atoms with van der Waals surface area (Å²) in [7, 11) is 0. The number of aryl methyl sites for hydroxylation is 2. The molecule has 0 spiro atoms. The van der Waals surface area contributed by atoms with Crippen LogP contribution in [0.3, 0.4) is 0 Å². The van der Waals surface area contributed by atoms with Gasteiger partial charge in [0.25, 0.3) is 0 Å². The average Bonchev–Trinajstić information content (AvgIpc) is 2.87. The Morgan fingerprint density at radius 3 is 2.55 bits per heavy atom. The van der Waals surface area contributed by atoms with E-state index in [1.165, 1.54) is 5.56 Å². The minimum atomic E-state index is -0.350. The minimum absolute atomic E-state index is 0.294. The van der Waals surface area contributed by atoms with Gasteiger partial charge in [0.15, 0.2) is 5.76 Å². The molecule has 2 aromatic carbocycles. The van der Waals surface area contributed by atoms with E-state index in [-0.39, 0.29) is 5.91 Å². The number of rotatable bonds is 3. The van der Waals surface area contributed by atoms with Crippen LogP contribution in [0.5, 0.6) is 0 Å². The number of amides is 1. The number of hydrogen-bond acceptors (Lipinski definition) is 3. The number of benzene rings is 2. The van der Waals surface area contributed by atoms with Gasteiger partial charge in [0.05, 0.1) is 6.21 Å². The minimum Gasteiger partial charge on any atom is -0.451 e. The highest BCUT2D eigenvalue weighted by molar-refractivity contribution is 5.99. The van der Waals surface area contributed by atoms with Crippen molar-refractivity contribution in [1.29, 1.82) is 0 Å². The first-order valence-corrected chi connectivity index (χ1v) is 7.03. The Morgan fingerprint density at radius 2 is 1.82 bits per heavy atom. The molecule has 0 aliphatic rings. The molecule has 0 unspecified atom stereocenters. The quantitative estimate of drug-likeness (QED) is 0.589. The molecule has 0 saturated carbocycles. The topological polar surface area (TPSA) is 54.6 Å². The molecule has 4 heteroatoms. The molecule has 1 heterocycles. The van der Waals surface area contributed by atoms with E-state index >= 15 is 0 Å².